The van der Waals surface area contributed by atoms with Gasteiger partial charge in [0.15, 0.2) is 0 Å². The molecule has 0 aliphatic carbocycles. The summed E-state index contributed by atoms with van der Waals surface area (Å²) in [7, 11) is 0. The Labute approximate surface area is 190 Å². The van der Waals surface area contributed by atoms with Crippen LogP contribution in [-0.4, -0.2) is 47.6 Å². The van der Waals surface area contributed by atoms with Crippen molar-refractivity contribution < 1.29 is 14.7 Å². The Morgan fingerprint density at radius 2 is 2.03 bits per heavy atom. The Morgan fingerprint density at radius 3 is 2.77 bits per heavy atom. The number of carbonyl (C=O) groups is 2. The average molecular weight is 463 g/mol. The number of fused-ring (bicyclic) bond motifs is 1. The number of nitrogens with zero attached hydrogens (tertiary/aromatic N) is 2. The van der Waals surface area contributed by atoms with Crippen LogP contribution in [0.1, 0.15) is 25.3 Å². The predicted octanol–water partition coefficient (Wildman–Crippen LogP) is 3.79. The summed E-state index contributed by atoms with van der Waals surface area (Å²) < 4.78 is 0. The lowest BCUT2D eigenvalue weighted by Gasteiger charge is -2.43. The van der Waals surface area contributed by atoms with E-state index >= 15 is 0 Å². The van der Waals surface area contributed by atoms with E-state index in [0.29, 0.717) is 17.3 Å². The minimum Gasteiger partial charge on any atom is -0.359 e. The fourth-order valence-corrected chi connectivity index (χ4v) is 4.66. The number of likely N-dealkylation sites (N-methyl/N-ethyl adjacent to an activating group) is 1. The van der Waals surface area contributed by atoms with Gasteiger partial charge in [-0.25, -0.2) is 4.79 Å². The van der Waals surface area contributed by atoms with Gasteiger partial charge in [-0.3, -0.25) is 14.6 Å². The number of anilines is 2. The number of carbonyl (C=O) groups excluding carboxylic acids is 2. The van der Waals surface area contributed by atoms with E-state index in [1.54, 1.807) is 24.3 Å². The van der Waals surface area contributed by atoms with Gasteiger partial charge in [0.05, 0.1) is 21.4 Å². The van der Waals surface area contributed by atoms with Crippen molar-refractivity contribution in [1.82, 2.24) is 10.2 Å². The van der Waals surface area contributed by atoms with Gasteiger partial charge < -0.3 is 15.7 Å². The molecule has 164 valence electrons. The second kappa shape index (κ2) is 8.67. The largest absolute Gasteiger partial charge is 0.359 e. The molecule has 1 saturated heterocycles. The van der Waals surface area contributed by atoms with E-state index in [1.807, 2.05) is 0 Å². The number of nitrogens with one attached hydrogen (secondary N) is 2. The monoisotopic (exact) mass is 462 g/mol. The highest BCUT2D eigenvalue weighted by atomic mass is 35.5. The molecule has 2 heterocycles. The van der Waals surface area contributed by atoms with E-state index in [9.17, 15) is 14.7 Å². The van der Waals surface area contributed by atoms with Gasteiger partial charge in [-0.2, -0.15) is 0 Å². The molecule has 0 saturated carbocycles. The number of hydrogen-bond acceptors (Lipinski definition) is 4. The highest BCUT2D eigenvalue weighted by molar-refractivity contribution is 6.42. The summed E-state index contributed by atoms with van der Waals surface area (Å²) in [5, 5.41) is 17.9. The van der Waals surface area contributed by atoms with Crippen LogP contribution in [0.15, 0.2) is 42.5 Å². The Balaban J connectivity index is 1.72. The van der Waals surface area contributed by atoms with Gasteiger partial charge in [-0.05, 0) is 50.2 Å². The molecule has 1 fully saturated rings. The predicted molar refractivity (Wildman–Crippen MR) is 122 cm³/mol. The van der Waals surface area contributed by atoms with Crippen LogP contribution in [0.3, 0.4) is 0 Å². The molecule has 0 spiro atoms. The van der Waals surface area contributed by atoms with Crippen LogP contribution in [0.2, 0.25) is 10.0 Å². The summed E-state index contributed by atoms with van der Waals surface area (Å²) in [5.74, 6) is -0.677. The molecule has 2 aliphatic rings. The van der Waals surface area contributed by atoms with Crippen molar-refractivity contribution in [3.8, 4) is 0 Å². The molecule has 2 aromatic carbocycles. The van der Waals surface area contributed by atoms with E-state index in [0.717, 1.165) is 30.8 Å². The first kappa shape index (κ1) is 21.9. The second-order valence-corrected chi connectivity index (χ2v) is 8.53. The fraction of sp³-hybridized carbons (Fsp3) is 0.364. The maximum absolute atomic E-state index is 13.5. The first-order chi connectivity index (χ1) is 14.9. The van der Waals surface area contributed by atoms with Crippen molar-refractivity contribution >= 4 is 46.5 Å². The van der Waals surface area contributed by atoms with Crippen molar-refractivity contribution in [3.05, 3.63) is 58.1 Å². The lowest BCUT2D eigenvalue weighted by Crippen LogP contribution is -2.63. The van der Waals surface area contributed by atoms with Crippen LogP contribution in [0.4, 0.5) is 16.2 Å². The Bertz CT molecular complexity index is 1020. The number of hydrogen-bond donors (Lipinski definition) is 3. The van der Waals surface area contributed by atoms with Gasteiger partial charge in [-0.15, -0.1) is 0 Å². The van der Waals surface area contributed by atoms with Gasteiger partial charge in [0.1, 0.15) is 0 Å². The average Bonchev–Trinajstić information content (AvgIpc) is 3.22. The lowest BCUT2D eigenvalue weighted by atomic mass is 9.94. The standard InChI is InChI=1S/C22H24Cl2N4O3/c1-2-27-11-5-6-15(27)13-25-20(29)22(31)16-7-3-4-8-19(16)26-21(30)28(22)14-9-10-17(23)18(24)12-14/h3-4,7-10,12,15,31H,2,5-6,11,13H2,1H3,(H,25,29)(H,26,30)/t15-,22-/m1/s1. The van der Waals surface area contributed by atoms with Crippen molar-refractivity contribution in [2.24, 2.45) is 0 Å². The molecular weight excluding hydrogens is 439 g/mol. The summed E-state index contributed by atoms with van der Waals surface area (Å²) in [6, 6.07) is 10.8. The number of rotatable bonds is 5. The number of halogens is 2. The van der Waals surface area contributed by atoms with E-state index in [-0.39, 0.29) is 22.3 Å². The van der Waals surface area contributed by atoms with Gasteiger partial charge in [0.25, 0.3) is 11.6 Å². The highest BCUT2D eigenvalue weighted by Gasteiger charge is 2.52. The number of likely N-dealkylation sites (tertiary alicyclic amines) is 1. The SMILES string of the molecule is CCN1CCC[C@@H]1CNC(=O)[C@]1(O)c2ccccc2NC(=O)N1c1ccc(Cl)c(Cl)c1. The number of benzene rings is 2. The van der Waals surface area contributed by atoms with E-state index in [2.05, 4.69) is 22.5 Å². The van der Waals surface area contributed by atoms with Gasteiger partial charge in [0.2, 0.25) is 0 Å². The number of para-hydroxylation sites is 1. The summed E-state index contributed by atoms with van der Waals surface area (Å²) in [5.41, 5.74) is -1.37. The van der Waals surface area contributed by atoms with Crippen molar-refractivity contribution in [3.63, 3.8) is 0 Å². The molecular formula is C22H24Cl2N4O3. The Morgan fingerprint density at radius 1 is 1.26 bits per heavy atom. The molecule has 2 atom stereocenters. The summed E-state index contributed by atoms with van der Waals surface area (Å²) >= 11 is 12.2. The molecule has 4 rings (SSSR count). The van der Waals surface area contributed by atoms with Crippen LogP contribution in [-0.2, 0) is 10.5 Å². The number of aliphatic hydroxyl groups is 1. The van der Waals surface area contributed by atoms with Crippen LogP contribution in [0.25, 0.3) is 0 Å². The number of urea groups is 1. The maximum atomic E-state index is 13.5. The third kappa shape index (κ3) is 3.87. The fourth-order valence-electron chi connectivity index (χ4n) is 4.36. The molecule has 0 bridgehead atoms. The molecule has 0 radical (unpaired) electrons. The quantitative estimate of drug-likeness (QED) is 0.630. The van der Waals surface area contributed by atoms with Crippen molar-refractivity contribution in [2.75, 3.05) is 29.9 Å². The molecule has 0 aromatic heterocycles. The van der Waals surface area contributed by atoms with Gasteiger partial charge in [0, 0.05) is 18.2 Å². The topological polar surface area (TPSA) is 84.9 Å². The maximum Gasteiger partial charge on any atom is 0.329 e. The van der Waals surface area contributed by atoms with E-state index in [1.165, 1.54) is 18.2 Å². The second-order valence-electron chi connectivity index (χ2n) is 7.72. The van der Waals surface area contributed by atoms with E-state index < -0.39 is 17.7 Å². The summed E-state index contributed by atoms with van der Waals surface area (Å²) in [4.78, 5) is 29.8. The zero-order chi connectivity index (χ0) is 22.2. The first-order valence-electron chi connectivity index (χ1n) is 10.3. The minimum absolute atomic E-state index is 0.198. The first-order valence-corrected chi connectivity index (χ1v) is 11.0. The minimum atomic E-state index is -2.26. The molecule has 2 aliphatic heterocycles. The van der Waals surface area contributed by atoms with E-state index in [4.69, 9.17) is 23.2 Å². The molecule has 2 aromatic rings. The lowest BCUT2D eigenvalue weighted by molar-refractivity contribution is -0.140. The zero-order valence-electron chi connectivity index (χ0n) is 17.1. The molecule has 3 N–H and O–H groups in total. The van der Waals surface area contributed by atoms with Crippen LogP contribution >= 0.6 is 23.2 Å². The Hall–Kier alpha value is -2.32. The zero-order valence-corrected chi connectivity index (χ0v) is 18.6. The van der Waals surface area contributed by atoms with Gasteiger partial charge >= 0.3 is 6.03 Å². The van der Waals surface area contributed by atoms with Crippen molar-refractivity contribution in [1.29, 1.82) is 0 Å². The molecule has 0 unspecified atom stereocenters. The molecule has 7 nitrogen and oxygen atoms in total. The summed E-state index contributed by atoms with van der Waals surface area (Å²) in [6.45, 7) is 4.35. The molecule has 31 heavy (non-hydrogen) atoms. The smallest absolute Gasteiger partial charge is 0.329 e. The Kier molecular flexibility index (Phi) is 6.12. The normalized spacial score (nSPS) is 23.4. The molecule has 9 heteroatoms. The van der Waals surface area contributed by atoms with Crippen LogP contribution < -0.4 is 15.5 Å². The van der Waals surface area contributed by atoms with Crippen molar-refractivity contribution in [2.45, 2.75) is 31.5 Å². The number of amides is 3. The third-order valence-corrected chi connectivity index (χ3v) is 6.69. The third-order valence-electron chi connectivity index (χ3n) is 5.95. The van der Waals surface area contributed by atoms with Gasteiger partial charge in [-0.1, -0.05) is 48.3 Å². The molecule has 3 amide bonds. The van der Waals surface area contributed by atoms with Crippen LogP contribution in [0.5, 0.6) is 0 Å². The highest BCUT2D eigenvalue weighted by Crippen LogP contribution is 2.41. The van der Waals surface area contributed by atoms with Crippen LogP contribution in [0, 0.1) is 0 Å². The summed E-state index contributed by atoms with van der Waals surface area (Å²) in [6.07, 6.45) is 2.04.